The van der Waals surface area contributed by atoms with E-state index < -0.39 is 0 Å². The molecule has 44 heavy (non-hydrogen) atoms. The second-order valence-corrected chi connectivity index (χ2v) is 11.7. The summed E-state index contributed by atoms with van der Waals surface area (Å²) in [6, 6.07) is 53.2. The predicted molar refractivity (Wildman–Crippen MR) is 188 cm³/mol. The number of benzene rings is 7. The summed E-state index contributed by atoms with van der Waals surface area (Å²) in [5.41, 5.74) is 8.76. The van der Waals surface area contributed by atoms with Crippen molar-refractivity contribution in [3.63, 3.8) is 0 Å². The van der Waals surface area contributed by atoms with E-state index in [0.717, 1.165) is 24.2 Å². The number of para-hydroxylation sites is 2. The Morgan fingerprint density at radius 3 is 2.11 bits per heavy atom. The first kappa shape index (κ1) is 24.9. The molecule has 0 N–H and O–H groups in total. The van der Waals surface area contributed by atoms with Crippen molar-refractivity contribution in [2.24, 2.45) is 0 Å². The van der Waals surface area contributed by atoms with Crippen LogP contribution in [0.25, 0.3) is 55.0 Å². The van der Waals surface area contributed by atoms with Crippen LogP contribution in [0.2, 0.25) is 0 Å². The molecule has 1 aliphatic rings. The summed E-state index contributed by atoms with van der Waals surface area (Å²) in [6.45, 7) is 0. The normalized spacial score (nSPS) is 12.7. The maximum absolute atomic E-state index is 2.48. The van der Waals surface area contributed by atoms with Crippen LogP contribution in [0, 0.1) is 0 Å². The lowest BCUT2D eigenvalue weighted by Crippen LogP contribution is -2.10. The molecular weight excluding hydrogens is 532 g/mol. The number of aromatic nitrogens is 1. The highest BCUT2D eigenvalue weighted by Gasteiger charge is 2.19. The van der Waals surface area contributed by atoms with Gasteiger partial charge in [0.2, 0.25) is 0 Å². The second kappa shape index (κ2) is 10.00. The Morgan fingerprint density at radius 2 is 1.23 bits per heavy atom. The van der Waals surface area contributed by atoms with E-state index in [1.54, 1.807) is 0 Å². The molecule has 1 aliphatic carbocycles. The maximum Gasteiger partial charge on any atom is 0.0540 e. The van der Waals surface area contributed by atoms with Crippen molar-refractivity contribution in [1.29, 1.82) is 0 Å². The van der Waals surface area contributed by atoms with Crippen LogP contribution in [0.5, 0.6) is 0 Å². The Kier molecular flexibility index (Phi) is 5.67. The first-order valence-corrected chi connectivity index (χ1v) is 15.4. The first-order chi connectivity index (χ1) is 21.8. The molecule has 0 saturated carbocycles. The highest BCUT2D eigenvalue weighted by molar-refractivity contribution is 6.03. The molecule has 8 aromatic rings. The molecule has 0 amide bonds. The second-order valence-electron chi connectivity index (χ2n) is 11.7. The highest BCUT2D eigenvalue weighted by atomic mass is 15.1. The molecule has 0 bridgehead atoms. The van der Waals surface area contributed by atoms with Crippen LogP contribution in [-0.2, 0) is 6.42 Å². The van der Waals surface area contributed by atoms with Crippen molar-refractivity contribution in [2.75, 3.05) is 4.90 Å². The lowest BCUT2D eigenvalue weighted by atomic mass is 10.0. The van der Waals surface area contributed by atoms with Gasteiger partial charge in [-0.15, -0.1) is 0 Å². The minimum absolute atomic E-state index is 1.06. The van der Waals surface area contributed by atoms with Crippen molar-refractivity contribution in [3.05, 3.63) is 163 Å². The van der Waals surface area contributed by atoms with Crippen LogP contribution < -0.4 is 4.90 Å². The van der Waals surface area contributed by atoms with Crippen molar-refractivity contribution in [3.8, 4) is 5.69 Å². The zero-order valence-electron chi connectivity index (χ0n) is 24.3. The molecule has 9 rings (SSSR count). The van der Waals surface area contributed by atoms with Gasteiger partial charge in [-0.05, 0) is 100 Å². The minimum Gasteiger partial charge on any atom is -0.313 e. The summed E-state index contributed by atoms with van der Waals surface area (Å²) >= 11 is 0. The van der Waals surface area contributed by atoms with Gasteiger partial charge in [0.1, 0.15) is 0 Å². The van der Waals surface area contributed by atoms with Gasteiger partial charge in [-0.25, -0.2) is 0 Å². The number of rotatable bonds is 4. The quantitative estimate of drug-likeness (QED) is 0.194. The summed E-state index contributed by atoms with van der Waals surface area (Å²) in [7, 11) is 0. The molecule has 0 fully saturated rings. The molecule has 0 spiro atoms. The zero-order valence-corrected chi connectivity index (χ0v) is 24.3. The van der Waals surface area contributed by atoms with Crippen molar-refractivity contribution in [1.82, 2.24) is 4.57 Å². The smallest absolute Gasteiger partial charge is 0.0540 e. The molecule has 0 atom stereocenters. The van der Waals surface area contributed by atoms with Gasteiger partial charge in [-0.3, -0.25) is 0 Å². The number of allylic oxidation sites excluding steroid dienone is 1. The number of hydrogen-bond acceptors (Lipinski definition) is 1. The summed E-state index contributed by atoms with van der Waals surface area (Å²) < 4.78 is 2.48. The third-order valence-electron chi connectivity index (χ3n) is 9.15. The molecular formula is C42H30N2. The summed E-state index contributed by atoms with van der Waals surface area (Å²) in [5.74, 6) is 0. The van der Waals surface area contributed by atoms with Crippen LogP contribution in [0.3, 0.4) is 0 Å². The topological polar surface area (TPSA) is 8.17 Å². The van der Waals surface area contributed by atoms with Crippen molar-refractivity contribution in [2.45, 2.75) is 12.8 Å². The van der Waals surface area contributed by atoms with E-state index in [1.165, 1.54) is 65.9 Å². The Bertz CT molecular complexity index is 2390. The van der Waals surface area contributed by atoms with Crippen LogP contribution >= 0.6 is 0 Å². The first-order valence-electron chi connectivity index (χ1n) is 15.4. The molecule has 2 heteroatoms. The van der Waals surface area contributed by atoms with E-state index in [4.69, 9.17) is 0 Å². The number of nitrogens with zero attached hydrogens (tertiary/aromatic N) is 2. The lowest BCUT2D eigenvalue weighted by Gasteiger charge is -2.27. The van der Waals surface area contributed by atoms with E-state index in [2.05, 4.69) is 167 Å². The molecule has 0 radical (unpaired) electrons. The third kappa shape index (κ3) is 3.95. The van der Waals surface area contributed by atoms with E-state index >= 15 is 0 Å². The van der Waals surface area contributed by atoms with E-state index in [-0.39, 0.29) is 0 Å². The Morgan fingerprint density at radius 1 is 0.500 bits per heavy atom. The SMILES string of the molecule is C1=Cc2c(n(-c3ccc4cc5cc(N(c6ccccc6)c6cccc7ccccc67)ccc5cc4c3)c3ccccc23)CC1. The average molecular weight is 563 g/mol. The molecule has 1 heterocycles. The summed E-state index contributed by atoms with van der Waals surface area (Å²) in [5, 5.41) is 8.79. The fourth-order valence-electron chi connectivity index (χ4n) is 7.12. The largest absolute Gasteiger partial charge is 0.313 e. The van der Waals surface area contributed by atoms with Gasteiger partial charge in [0.25, 0.3) is 0 Å². The maximum atomic E-state index is 2.48. The third-order valence-corrected chi connectivity index (χ3v) is 9.15. The van der Waals surface area contributed by atoms with Crippen LogP contribution in [-0.4, -0.2) is 4.57 Å². The number of hydrogen-bond donors (Lipinski definition) is 0. The van der Waals surface area contributed by atoms with Crippen LogP contribution in [0.15, 0.2) is 152 Å². The van der Waals surface area contributed by atoms with Gasteiger partial charge in [0.15, 0.2) is 0 Å². The van der Waals surface area contributed by atoms with E-state index in [9.17, 15) is 0 Å². The van der Waals surface area contributed by atoms with Crippen LogP contribution in [0.1, 0.15) is 17.7 Å². The van der Waals surface area contributed by atoms with Gasteiger partial charge in [-0.1, -0.05) is 97.1 Å². The van der Waals surface area contributed by atoms with E-state index in [0.29, 0.717) is 0 Å². The molecule has 7 aromatic carbocycles. The van der Waals surface area contributed by atoms with Crippen molar-refractivity contribution < 1.29 is 0 Å². The fraction of sp³-hybridized carbons (Fsp3) is 0.0476. The lowest BCUT2D eigenvalue weighted by molar-refractivity contribution is 0.889. The summed E-state index contributed by atoms with van der Waals surface area (Å²) in [4.78, 5) is 2.38. The highest BCUT2D eigenvalue weighted by Crippen LogP contribution is 2.40. The van der Waals surface area contributed by atoms with Gasteiger partial charge >= 0.3 is 0 Å². The predicted octanol–water partition coefficient (Wildman–Crippen LogP) is 11.5. The van der Waals surface area contributed by atoms with Gasteiger partial charge < -0.3 is 9.47 Å². The standard InChI is InChI=1S/C42H30N2/c1-2-13-34(14-3-1)43(40-20-10-12-29-11-4-5-15-37(29)40)35-23-21-30-26-33-28-36(24-22-31(33)25-32(30)27-35)44-41-18-8-6-16-38(41)39-17-7-9-19-42(39)44/h1-8,10-18,20-28H,9,19H2. The number of fused-ring (bicyclic) bond motifs is 6. The molecule has 0 unspecified atom stereocenters. The molecule has 1 aromatic heterocycles. The molecule has 2 nitrogen and oxygen atoms in total. The zero-order chi connectivity index (χ0) is 29.0. The van der Waals surface area contributed by atoms with Crippen LogP contribution in [0.4, 0.5) is 17.1 Å². The molecule has 0 aliphatic heterocycles. The van der Waals surface area contributed by atoms with Gasteiger partial charge in [-0.2, -0.15) is 0 Å². The molecule has 208 valence electrons. The Hall–Kier alpha value is -5.60. The van der Waals surface area contributed by atoms with Gasteiger partial charge in [0, 0.05) is 39.1 Å². The van der Waals surface area contributed by atoms with E-state index in [1.807, 2.05) is 0 Å². The molecule has 0 saturated heterocycles. The Balaban J connectivity index is 1.19. The summed E-state index contributed by atoms with van der Waals surface area (Å²) in [6.07, 6.45) is 6.76. The van der Waals surface area contributed by atoms with Crippen molar-refractivity contribution >= 4 is 66.4 Å². The minimum atomic E-state index is 1.06. The monoisotopic (exact) mass is 562 g/mol. The number of anilines is 3. The Labute approximate surface area is 256 Å². The fourth-order valence-corrected chi connectivity index (χ4v) is 7.12. The average Bonchev–Trinajstić information content (AvgIpc) is 3.42. The van der Waals surface area contributed by atoms with Gasteiger partial charge in [0.05, 0.1) is 11.2 Å².